The monoisotopic (exact) mass is 384 g/mol. The molecule has 2 rings (SSSR count). The third kappa shape index (κ3) is 4.70. The van der Waals surface area contributed by atoms with Gasteiger partial charge in [-0.3, -0.25) is 4.79 Å². The van der Waals surface area contributed by atoms with Crippen LogP contribution in [-0.2, 0) is 10.2 Å². The lowest BCUT2D eigenvalue weighted by Gasteiger charge is -2.37. The van der Waals surface area contributed by atoms with E-state index in [1.165, 1.54) is 16.7 Å². The van der Waals surface area contributed by atoms with Gasteiger partial charge < -0.3 is 5.11 Å². The molecule has 0 spiro atoms. The predicted octanol–water partition coefficient (Wildman–Crippen LogP) is 7.22. The zero-order chi connectivity index (χ0) is 21.4. The van der Waals surface area contributed by atoms with E-state index >= 15 is 0 Å². The second-order valence-corrected chi connectivity index (χ2v) is 10.9. The minimum atomic E-state index is -0.110. The van der Waals surface area contributed by atoms with Crippen molar-refractivity contribution in [2.24, 2.45) is 11.3 Å². The van der Waals surface area contributed by atoms with E-state index in [0.29, 0.717) is 23.9 Å². The number of benzene rings is 1. The van der Waals surface area contributed by atoms with Crippen molar-refractivity contribution in [1.29, 1.82) is 0 Å². The third-order valence-electron chi connectivity index (χ3n) is 6.38. The van der Waals surface area contributed by atoms with E-state index in [1.54, 1.807) is 0 Å². The van der Waals surface area contributed by atoms with Gasteiger partial charge in [0.05, 0.1) is 0 Å². The Balaban J connectivity index is 2.58. The number of phenols is 1. The van der Waals surface area contributed by atoms with Crippen molar-refractivity contribution >= 4 is 5.78 Å². The Hall–Kier alpha value is -1.57. The molecule has 1 aliphatic rings. The Morgan fingerprint density at radius 3 is 2.21 bits per heavy atom. The second-order valence-electron chi connectivity index (χ2n) is 10.9. The molecule has 0 saturated heterocycles. The van der Waals surface area contributed by atoms with E-state index in [9.17, 15) is 9.90 Å². The van der Waals surface area contributed by atoms with Crippen LogP contribution in [0.5, 0.6) is 5.75 Å². The molecule has 0 aliphatic heterocycles. The van der Waals surface area contributed by atoms with Crippen LogP contribution in [0.4, 0.5) is 0 Å². The number of phenolic OH excluding ortho intramolecular Hbond substituents is 1. The average Bonchev–Trinajstić information content (AvgIpc) is 2.53. The molecule has 0 saturated carbocycles. The predicted molar refractivity (Wildman–Crippen MR) is 119 cm³/mol. The van der Waals surface area contributed by atoms with Crippen molar-refractivity contribution < 1.29 is 9.90 Å². The van der Waals surface area contributed by atoms with Crippen LogP contribution in [0.1, 0.15) is 104 Å². The summed E-state index contributed by atoms with van der Waals surface area (Å²) >= 11 is 0. The molecule has 0 fully saturated rings. The van der Waals surface area contributed by atoms with Crippen molar-refractivity contribution in [3.05, 3.63) is 40.0 Å². The molecule has 2 atom stereocenters. The number of hydrogen-bond acceptors (Lipinski definition) is 2. The van der Waals surface area contributed by atoms with Gasteiger partial charge in [0.2, 0.25) is 0 Å². The number of Topliss-reactive ketones (excluding diaryl/α,β-unsaturated/α-hetero) is 1. The van der Waals surface area contributed by atoms with Crippen molar-refractivity contribution in [3.8, 4) is 5.75 Å². The summed E-state index contributed by atoms with van der Waals surface area (Å²) < 4.78 is 0. The highest BCUT2D eigenvalue weighted by atomic mass is 16.3. The first kappa shape index (κ1) is 22.7. The van der Waals surface area contributed by atoms with Crippen LogP contribution in [0, 0.1) is 18.3 Å². The van der Waals surface area contributed by atoms with Crippen LogP contribution in [0.3, 0.4) is 0 Å². The molecule has 1 aliphatic carbocycles. The molecule has 2 nitrogen and oxygen atoms in total. The van der Waals surface area contributed by atoms with Crippen molar-refractivity contribution in [3.63, 3.8) is 0 Å². The quantitative estimate of drug-likeness (QED) is 0.556. The van der Waals surface area contributed by atoms with E-state index in [4.69, 9.17) is 0 Å². The standard InChI is InChI=1S/C26H40O2/c1-10-11-19(18-12-17(3)24(28)22(14-18)26(7,8)9)20-15-21(25(4,5)6)23(27)13-16(20)2/h12,14,19,21,28H,10-11,13,15H2,1-9H3. The summed E-state index contributed by atoms with van der Waals surface area (Å²) in [5.41, 5.74) is 5.84. The maximum atomic E-state index is 12.7. The van der Waals surface area contributed by atoms with E-state index in [-0.39, 0.29) is 16.7 Å². The first-order valence-corrected chi connectivity index (χ1v) is 10.8. The number of rotatable bonds is 4. The molecular formula is C26H40O2. The van der Waals surface area contributed by atoms with Gasteiger partial charge in [-0.05, 0) is 54.2 Å². The van der Waals surface area contributed by atoms with Gasteiger partial charge in [-0.2, -0.15) is 0 Å². The summed E-state index contributed by atoms with van der Waals surface area (Å²) in [5.74, 6) is 1.22. The molecule has 0 heterocycles. The maximum Gasteiger partial charge on any atom is 0.140 e. The number of allylic oxidation sites excluding steroid dienone is 2. The largest absolute Gasteiger partial charge is 0.507 e. The van der Waals surface area contributed by atoms with Crippen LogP contribution in [0.2, 0.25) is 0 Å². The fourth-order valence-corrected chi connectivity index (χ4v) is 4.65. The SMILES string of the molecule is CCCC(C1=C(C)CC(=O)C(C(C)(C)C)C1)c1cc(C)c(O)c(C(C)(C)C)c1. The molecule has 1 aromatic carbocycles. The van der Waals surface area contributed by atoms with Gasteiger partial charge in [0.1, 0.15) is 11.5 Å². The summed E-state index contributed by atoms with van der Waals surface area (Å²) in [6, 6.07) is 4.37. The van der Waals surface area contributed by atoms with Crippen molar-refractivity contribution in [2.75, 3.05) is 0 Å². The Morgan fingerprint density at radius 1 is 1.11 bits per heavy atom. The molecule has 156 valence electrons. The van der Waals surface area contributed by atoms with Crippen LogP contribution in [0.15, 0.2) is 23.3 Å². The lowest BCUT2D eigenvalue weighted by atomic mass is 9.66. The van der Waals surface area contributed by atoms with Gasteiger partial charge in [0.15, 0.2) is 0 Å². The Bertz CT molecular complexity index is 769. The van der Waals surface area contributed by atoms with Gasteiger partial charge in [-0.15, -0.1) is 0 Å². The molecule has 2 unspecified atom stereocenters. The van der Waals surface area contributed by atoms with E-state index in [0.717, 1.165) is 30.4 Å². The molecule has 1 N–H and O–H groups in total. The molecule has 0 bridgehead atoms. The summed E-state index contributed by atoms with van der Waals surface area (Å²) in [7, 11) is 0. The second kappa shape index (κ2) is 8.05. The highest BCUT2D eigenvalue weighted by molar-refractivity contribution is 5.86. The Kier molecular flexibility index (Phi) is 6.53. The topological polar surface area (TPSA) is 37.3 Å². The van der Waals surface area contributed by atoms with Crippen LogP contribution in [0.25, 0.3) is 0 Å². The smallest absolute Gasteiger partial charge is 0.140 e. The van der Waals surface area contributed by atoms with E-state index < -0.39 is 0 Å². The minimum Gasteiger partial charge on any atom is -0.507 e. The number of aromatic hydroxyl groups is 1. The number of carbonyl (C=O) groups is 1. The average molecular weight is 385 g/mol. The van der Waals surface area contributed by atoms with Gasteiger partial charge in [-0.1, -0.05) is 78.2 Å². The Morgan fingerprint density at radius 2 is 1.71 bits per heavy atom. The summed E-state index contributed by atoms with van der Waals surface area (Å²) in [6.45, 7) is 19.4. The summed E-state index contributed by atoms with van der Waals surface area (Å²) in [5, 5.41) is 10.7. The fraction of sp³-hybridized carbons (Fsp3) is 0.654. The number of aryl methyl sites for hydroxylation is 1. The van der Waals surface area contributed by atoms with E-state index in [1.807, 2.05) is 6.92 Å². The van der Waals surface area contributed by atoms with Crippen molar-refractivity contribution in [2.45, 2.75) is 99.3 Å². The van der Waals surface area contributed by atoms with Crippen LogP contribution >= 0.6 is 0 Å². The van der Waals surface area contributed by atoms with Gasteiger partial charge in [-0.25, -0.2) is 0 Å². The highest BCUT2D eigenvalue weighted by Gasteiger charge is 2.37. The number of ketones is 1. The molecule has 28 heavy (non-hydrogen) atoms. The van der Waals surface area contributed by atoms with Crippen molar-refractivity contribution in [1.82, 2.24) is 0 Å². The third-order valence-corrected chi connectivity index (χ3v) is 6.38. The van der Waals surface area contributed by atoms with Gasteiger partial charge >= 0.3 is 0 Å². The van der Waals surface area contributed by atoms with Crippen LogP contribution in [-0.4, -0.2) is 10.9 Å². The van der Waals surface area contributed by atoms with E-state index in [2.05, 4.69) is 67.5 Å². The first-order chi connectivity index (χ1) is 12.8. The number of carbonyl (C=O) groups excluding carboxylic acids is 1. The molecule has 2 heteroatoms. The highest BCUT2D eigenvalue weighted by Crippen LogP contribution is 2.46. The zero-order valence-corrected chi connectivity index (χ0v) is 19.5. The molecule has 0 radical (unpaired) electrons. The Labute approximate surface area is 172 Å². The fourth-order valence-electron chi connectivity index (χ4n) is 4.65. The zero-order valence-electron chi connectivity index (χ0n) is 19.5. The maximum absolute atomic E-state index is 12.7. The normalized spacial score (nSPS) is 19.9. The molecule has 1 aromatic rings. The minimum absolute atomic E-state index is 0.0127. The van der Waals surface area contributed by atoms with Crippen LogP contribution < -0.4 is 0 Å². The molecule has 0 amide bonds. The molecule has 0 aromatic heterocycles. The van der Waals surface area contributed by atoms with Gasteiger partial charge in [0, 0.05) is 18.3 Å². The lowest BCUT2D eigenvalue weighted by Crippen LogP contribution is -2.33. The number of hydrogen-bond donors (Lipinski definition) is 1. The van der Waals surface area contributed by atoms with Gasteiger partial charge in [0.25, 0.3) is 0 Å². The lowest BCUT2D eigenvalue weighted by molar-refractivity contribution is -0.125. The molecular weight excluding hydrogens is 344 g/mol. The first-order valence-electron chi connectivity index (χ1n) is 10.8. The summed E-state index contributed by atoms with van der Waals surface area (Å²) in [4.78, 5) is 12.7. The summed E-state index contributed by atoms with van der Waals surface area (Å²) in [6.07, 6.45) is 3.62.